The van der Waals surface area contributed by atoms with Gasteiger partial charge in [0, 0.05) is 17.0 Å². The van der Waals surface area contributed by atoms with Gasteiger partial charge in [-0.05, 0) is 37.5 Å². The molecule has 1 N–H and O–H groups in total. The van der Waals surface area contributed by atoms with Crippen LogP contribution in [0.25, 0.3) is 11.4 Å². The second kappa shape index (κ2) is 3.67. The second-order valence-corrected chi connectivity index (χ2v) is 4.49. The summed E-state index contributed by atoms with van der Waals surface area (Å²) in [6.45, 7) is 4.20. The zero-order valence-electron chi connectivity index (χ0n) is 8.02. The van der Waals surface area contributed by atoms with Crippen molar-refractivity contribution in [1.29, 1.82) is 0 Å². The molecule has 14 heavy (non-hydrogen) atoms. The molecule has 0 saturated carbocycles. The number of rotatable bonds is 2. The zero-order valence-corrected chi connectivity index (χ0v) is 9.65. The Hall–Kier alpha value is -0.940. The van der Waals surface area contributed by atoms with Crippen molar-refractivity contribution in [2.24, 2.45) is 0 Å². The summed E-state index contributed by atoms with van der Waals surface area (Å²) in [6.07, 6.45) is 0. The Kier molecular flexibility index (Phi) is 2.52. The maximum absolute atomic E-state index is 5.17. The first kappa shape index (κ1) is 9.61. The van der Waals surface area contributed by atoms with Gasteiger partial charge in [0.2, 0.25) is 0 Å². The number of thiophene rings is 1. The molecule has 0 fully saturated rings. The average molecular weight is 225 g/mol. The van der Waals surface area contributed by atoms with E-state index in [1.807, 2.05) is 9.95 Å². The summed E-state index contributed by atoms with van der Waals surface area (Å²) in [5.74, 6) is 0.922. The molecular weight excluding hydrogens is 214 g/mol. The first-order valence-electron chi connectivity index (χ1n) is 4.39. The van der Waals surface area contributed by atoms with Crippen molar-refractivity contribution in [3.63, 3.8) is 0 Å². The Balaban J connectivity index is 2.60. The van der Waals surface area contributed by atoms with Crippen LogP contribution in [0.15, 0.2) is 16.8 Å². The Bertz CT molecular complexity index is 464. The van der Waals surface area contributed by atoms with Crippen LogP contribution in [0.5, 0.6) is 0 Å². The summed E-state index contributed by atoms with van der Waals surface area (Å²) >= 11 is 6.83. The molecular formula is C9H11N3S2. The summed E-state index contributed by atoms with van der Waals surface area (Å²) in [7, 11) is 0. The monoisotopic (exact) mass is 225 g/mol. The molecule has 0 bridgehead atoms. The third kappa shape index (κ3) is 1.53. The van der Waals surface area contributed by atoms with Crippen molar-refractivity contribution in [1.82, 2.24) is 14.8 Å². The summed E-state index contributed by atoms with van der Waals surface area (Å²) < 4.78 is 2.71. The maximum Gasteiger partial charge on any atom is 0.195 e. The SMILES string of the molecule is CC(C)n1c(-c2ccsc2)n[nH]c1=S. The first-order chi connectivity index (χ1) is 6.70. The number of nitrogens with one attached hydrogen (secondary N) is 1. The second-order valence-electron chi connectivity index (χ2n) is 3.33. The standard InChI is InChI=1S/C9H11N3S2/c1-6(2)12-8(10-11-9(12)13)7-3-4-14-5-7/h3-6H,1-2H3,(H,11,13). The summed E-state index contributed by atoms with van der Waals surface area (Å²) in [4.78, 5) is 0. The lowest BCUT2D eigenvalue weighted by molar-refractivity contribution is 0.597. The number of hydrogen-bond acceptors (Lipinski definition) is 3. The molecule has 0 amide bonds. The van der Waals surface area contributed by atoms with Crippen LogP contribution >= 0.6 is 23.6 Å². The predicted molar refractivity (Wildman–Crippen MR) is 61.1 cm³/mol. The van der Waals surface area contributed by atoms with Crippen LogP contribution in [0.2, 0.25) is 0 Å². The normalized spacial score (nSPS) is 11.1. The summed E-state index contributed by atoms with van der Waals surface area (Å²) in [5, 5.41) is 11.2. The van der Waals surface area contributed by atoms with E-state index in [9.17, 15) is 0 Å². The minimum Gasteiger partial charge on any atom is -0.298 e. The molecule has 2 heterocycles. The molecule has 2 aromatic rings. The molecule has 0 aliphatic carbocycles. The van der Waals surface area contributed by atoms with Crippen LogP contribution in [0.1, 0.15) is 19.9 Å². The van der Waals surface area contributed by atoms with Crippen LogP contribution in [0, 0.1) is 4.77 Å². The number of H-pyrrole nitrogens is 1. The van der Waals surface area contributed by atoms with Crippen LogP contribution in [0.4, 0.5) is 0 Å². The van der Waals surface area contributed by atoms with E-state index in [1.54, 1.807) is 11.3 Å². The highest BCUT2D eigenvalue weighted by Gasteiger charge is 2.10. The van der Waals surface area contributed by atoms with E-state index < -0.39 is 0 Å². The molecule has 3 nitrogen and oxygen atoms in total. The van der Waals surface area contributed by atoms with Crippen LogP contribution < -0.4 is 0 Å². The van der Waals surface area contributed by atoms with Gasteiger partial charge >= 0.3 is 0 Å². The third-order valence-electron chi connectivity index (χ3n) is 2.00. The fourth-order valence-corrected chi connectivity index (χ4v) is 2.36. The minimum absolute atomic E-state index is 0.330. The predicted octanol–water partition coefficient (Wildman–Crippen LogP) is 3.25. The van der Waals surface area contributed by atoms with Gasteiger partial charge in [0.15, 0.2) is 10.6 Å². The molecule has 5 heteroatoms. The van der Waals surface area contributed by atoms with Crippen LogP contribution in [-0.2, 0) is 0 Å². The molecule has 74 valence electrons. The topological polar surface area (TPSA) is 33.6 Å². The van der Waals surface area contributed by atoms with E-state index in [0.29, 0.717) is 10.8 Å². The van der Waals surface area contributed by atoms with Crippen molar-refractivity contribution in [2.75, 3.05) is 0 Å². The Labute approximate surface area is 91.4 Å². The summed E-state index contributed by atoms with van der Waals surface area (Å²) in [5.41, 5.74) is 1.12. The molecule has 0 spiro atoms. The Morgan fingerprint density at radius 2 is 2.36 bits per heavy atom. The van der Waals surface area contributed by atoms with Crippen LogP contribution in [-0.4, -0.2) is 14.8 Å². The van der Waals surface area contributed by atoms with Crippen molar-refractivity contribution in [3.05, 3.63) is 21.6 Å². The Morgan fingerprint density at radius 3 is 2.93 bits per heavy atom. The molecule has 0 unspecified atom stereocenters. The van der Waals surface area contributed by atoms with E-state index in [2.05, 4.69) is 35.5 Å². The van der Waals surface area contributed by atoms with E-state index >= 15 is 0 Å². The molecule has 0 atom stereocenters. The quantitative estimate of drug-likeness (QED) is 0.796. The number of aromatic nitrogens is 3. The molecule has 0 aliphatic rings. The average Bonchev–Trinajstić information content (AvgIpc) is 2.70. The van der Waals surface area contributed by atoms with Gasteiger partial charge in [-0.15, -0.1) is 0 Å². The minimum atomic E-state index is 0.330. The van der Waals surface area contributed by atoms with Crippen molar-refractivity contribution in [3.8, 4) is 11.4 Å². The molecule has 0 aromatic carbocycles. The smallest absolute Gasteiger partial charge is 0.195 e. The molecule has 0 saturated heterocycles. The highest BCUT2D eigenvalue weighted by Crippen LogP contribution is 2.22. The summed E-state index contributed by atoms with van der Waals surface area (Å²) in [6, 6.07) is 2.38. The van der Waals surface area contributed by atoms with Gasteiger partial charge < -0.3 is 0 Å². The first-order valence-corrected chi connectivity index (χ1v) is 5.74. The van der Waals surface area contributed by atoms with Crippen molar-refractivity contribution >= 4 is 23.6 Å². The van der Waals surface area contributed by atoms with E-state index in [-0.39, 0.29) is 0 Å². The number of nitrogens with zero attached hydrogens (tertiary/aromatic N) is 2. The van der Waals surface area contributed by atoms with Gasteiger partial charge in [-0.1, -0.05) is 0 Å². The highest BCUT2D eigenvalue weighted by molar-refractivity contribution is 7.71. The van der Waals surface area contributed by atoms with E-state index in [4.69, 9.17) is 12.2 Å². The third-order valence-corrected chi connectivity index (χ3v) is 2.97. The van der Waals surface area contributed by atoms with Gasteiger partial charge in [0.1, 0.15) is 0 Å². The molecule has 2 aromatic heterocycles. The Morgan fingerprint density at radius 1 is 1.57 bits per heavy atom. The lowest BCUT2D eigenvalue weighted by atomic mass is 10.3. The largest absolute Gasteiger partial charge is 0.298 e. The van der Waals surface area contributed by atoms with Crippen molar-refractivity contribution in [2.45, 2.75) is 19.9 Å². The zero-order chi connectivity index (χ0) is 10.1. The van der Waals surface area contributed by atoms with Crippen molar-refractivity contribution < 1.29 is 0 Å². The molecule has 0 aliphatic heterocycles. The van der Waals surface area contributed by atoms with Gasteiger partial charge in [0.25, 0.3) is 0 Å². The molecule has 0 radical (unpaired) electrons. The molecule has 2 rings (SSSR count). The number of hydrogen-bond donors (Lipinski definition) is 1. The van der Waals surface area contributed by atoms with Gasteiger partial charge in [0.05, 0.1) is 0 Å². The van der Waals surface area contributed by atoms with E-state index in [1.165, 1.54) is 0 Å². The van der Waals surface area contributed by atoms with Gasteiger partial charge in [-0.25, -0.2) is 0 Å². The number of aromatic amines is 1. The van der Waals surface area contributed by atoms with Gasteiger partial charge in [-0.2, -0.15) is 16.4 Å². The maximum atomic E-state index is 5.17. The van der Waals surface area contributed by atoms with Gasteiger partial charge in [-0.3, -0.25) is 9.67 Å². The fraction of sp³-hybridized carbons (Fsp3) is 0.333. The van der Waals surface area contributed by atoms with Crippen LogP contribution in [0.3, 0.4) is 0 Å². The lowest BCUT2D eigenvalue weighted by Gasteiger charge is -2.08. The highest BCUT2D eigenvalue weighted by atomic mass is 32.1. The fourth-order valence-electron chi connectivity index (χ4n) is 1.38. The van der Waals surface area contributed by atoms with E-state index in [0.717, 1.165) is 11.4 Å². The lowest BCUT2D eigenvalue weighted by Crippen LogP contribution is -2.02.